The number of benzene rings is 1. The summed E-state index contributed by atoms with van der Waals surface area (Å²) in [4.78, 5) is 5.18. The summed E-state index contributed by atoms with van der Waals surface area (Å²) in [5.74, 6) is -0.556. The molecule has 0 aliphatic carbocycles. The van der Waals surface area contributed by atoms with Crippen LogP contribution >= 0.6 is 0 Å². The second-order valence-electron chi connectivity index (χ2n) is 4.79. The minimum Gasteiger partial charge on any atom is -0.346 e. The molecule has 11 heteroatoms. The summed E-state index contributed by atoms with van der Waals surface area (Å²) in [7, 11) is -0.674. The standard InChI is InChI=1S/C12H14F3N5O2S/c1-20(2)12-17-10(18-19-12)6-16-23(21,22)7-3-4-9(13)8(5-7)11(14)15/h3-5,11,16H,6H2,1-2H3,(H,17,18,19). The van der Waals surface area contributed by atoms with Gasteiger partial charge in [-0.15, -0.1) is 5.10 Å². The molecule has 0 spiro atoms. The SMILES string of the molecule is CN(C)c1n[nH]c(CNS(=O)(=O)c2ccc(F)c(C(F)F)c2)n1. The normalized spacial score (nSPS) is 11.9. The lowest BCUT2D eigenvalue weighted by atomic mass is 10.2. The lowest BCUT2D eigenvalue weighted by molar-refractivity contribution is 0.146. The van der Waals surface area contributed by atoms with E-state index in [0.29, 0.717) is 18.1 Å². The Morgan fingerprint density at radius 2 is 2.04 bits per heavy atom. The van der Waals surface area contributed by atoms with Gasteiger partial charge in [0.2, 0.25) is 16.0 Å². The van der Waals surface area contributed by atoms with Gasteiger partial charge in [-0.3, -0.25) is 5.10 Å². The molecule has 0 radical (unpaired) electrons. The van der Waals surface area contributed by atoms with Crippen molar-refractivity contribution in [3.8, 4) is 0 Å². The maximum Gasteiger partial charge on any atom is 0.266 e. The van der Waals surface area contributed by atoms with Crippen molar-refractivity contribution in [2.75, 3.05) is 19.0 Å². The summed E-state index contributed by atoms with van der Waals surface area (Å²) in [6.07, 6.45) is -3.11. The van der Waals surface area contributed by atoms with Gasteiger partial charge in [-0.25, -0.2) is 26.3 Å². The molecule has 7 nitrogen and oxygen atoms in total. The number of aromatic amines is 1. The molecule has 0 aliphatic heterocycles. The van der Waals surface area contributed by atoms with Crippen LogP contribution in [0.5, 0.6) is 0 Å². The molecule has 2 N–H and O–H groups in total. The van der Waals surface area contributed by atoms with Gasteiger partial charge in [-0.05, 0) is 18.2 Å². The molecule has 126 valence electrons. The van der Waals surface area contributed by atoms with Crippen LogP contribution in [-0.4, -0.2) is 37.7 Å². The summed E-state index contributed by atoms with van der Waals surface area (Å²) in [6.45, 7) is -0.218. The van der Waals surface area contributed by atoms with Crippen molar-refractivity contribution in [1.29, 1.82) is 0 Å². The van der Waals surface area contributed by atoms with Crippen molar-refractivity contribution in [1.82, 2.24) is 19.9 Å². The van der Waals surface area contributed by atoms with Crippen molar-refractivity contribution in [3.63, 3.8) is 0 Å². The Morgan fingerprint density at radius 3 is 2.61 bits per heavy atom. The Labute approximate surface area is 130 Å². The van der Waals surface area contributed by atoms with E-state index in [1.807, 2.05) is 0 Å². The molecule has 2 aromatic rings. The molecular formula is C12H14F3N5O2S. The Bertz CT molecular complexity index is 792. The molecule has 2 rings (SSSR count). The maximum absolute atomic E-state index is 13.2. The minimum atomic E-state index is -4.09. The van der Waals surface area contributed by atoms with Gasteiger partial charge in [0.1, 0.15) is 11.6 Å². The topological polar surface area (TPSA) is 91.0 Å². The molecule has 0 saturated carbocycles. The fourth-order valence-electron chi connectivity index (χ4n) is 1.67. The van der Waals surface area contributed by atoms with E-state index in [9.17, 15) is 21.6 Å². The van der Waals surface area contributed by atoms with E-state index in [1.54, 1.807) is 19.0 Å². The van der Waals surface area contributed by atoms with E-state index in [-0.39, 0.29) is 12.4 Å². The molecule has 1 heterocycles. The molecular weight excluding hydrogens is 335 g/mol. The van der Waals surface area contributed by atoms with Crippen LogP contribution in [0.3, 0.4) is 0 Å². The number of rotatable bonds is 6. The average Bonchev–Trinajstić information content (AvgIpc) is 2.94. The van der Waals surface area contributed by atoms with Gasteiger partial charge in [-0.2, -0.15) is 4.98 Å². The fourth-order valence-corrected chi connectivity index (χ4v) is 2.69. The molecule has 1 aromatic carbocycles. The first kappa shape index (κ1) is 17.2. The summed E-state index contributed by atoms with van der Waals surface area (Å²) in [5, 5.41) is 6.38. The van der Waals surface area contributed by atoms with Gasteiger partial charge in [-0.1, -0.05) is 0 Å². The molecule has 23 heavy (non-hydrogen) atoms. The number of hydrogen-bond donors (Lipinski definition) is 2. The lowest BCUT2D eigenvalue weighted by Crippen LogP contribution is -2.24. The van der Waals surface area contributed by atoms with Crippen LogP contribution in [-0.2, 0) is 16.6 Å². The third kappa shape index (κ3) is 3.99. The van der Waals surface area contributed by atoms with Crippen molar-refractivity contribution >= 4 is 16.0 Å². The van der Waals surface area contributed by atoms with Gasteiger partial charge in [0, 0.05) is 14.1 Å². The zero-order valence-corrected chi connectivity index (χ0v) is 13.0. The first-order valence-corrected chi connectivity index (χ1v) is 7.85. The van der Waals surface area contributed by atoms with Crippen LogP contribution in [0.4, 0.5) is 19.1 Å². The molecule has 0 aliphatic rings. The van der Waals surface area contributed by atoms with E-state index in [4.69, 9.17) is 0 Å². The van der Waals surface area contributed by atoms with Gasteiger partial charge < -0.3 is 4.90 Å². The van der Waals surface area contributed by atoms with Gasteiger partial charge >= 0.3 is 0 Å². The van der Waals surface area contributed by atoms with Crippen LogP contribution in [0.25, 0.3) is 0 Å². The van der Waals surface area contributed by atoms with E-state index < -0.39 is 32.7 Å². The highest BCUT2D eigenvalue weighted by atomic mass is 32.2. The van der Waals surface area contributed by atoms with Crippen molar-refractivity contribution < 1.29 is 21.6 Å². The fraction of sp³-hybridized carbons (Fsp3) is 0.333. The van der Waals surface area contributed by atoms with Crippen LogP contribution in [0.1, 0.15) is 17.8 Å². The summed E-state index contributed by atoms with van der Waals surface area (Å²) in [6, 6.07) is 2.21. The molecule has 0 saturated heterocycles. The first-order chi connectivity index (χ1) is 10.7. The Kier molecular flexibility index (Phi) is 4.90. The monoisotopic (exact) mass is 349 g/mol. The van der Waals surface area contributed by atoms with Gasteiger partial charge in [0.15, 0.2) is 0 Å². The predicted octanol–water partition coefficient (Wildman–Crippen LogP) is 1.43. The van der Waals surface area contributed by atoms with Crippen molar-refractivity contribution in [3.05, 3.63) is 35.4 Å². The van der Waals surface area contributed by atoms with Crippen molar-refractivity contribution in [2.45, 2.75) is 17.9 Å². The molecule has 0 amide bonds. The smallest absolute Gasteiger partial charge is 0.266 e. The highest BCUT2D eigenvalue weighted by molar-refractivity contribution is 7.89. The molecule has 0 bridgehead atoms. The third-order valence-electron chi connectivity index (χ3n) is 2.86. The van der Waals surface area contributed by atoms with E-state index in [2.05, 4.69) is 19.9 Å². The number of halogens is 3. The lowest BCUT2D eigenvalue weighted by Gasteiger charge is -2.08. The zero-order chi connectivity index (χ0) is 17.2. The quantitative estimate of drug-likeness (QED) is 0.823. The summed E-state index contributed by atoms with van der Waals surface area (Å²) >= 11 is 0. The Balaban J connectivity index is 2.16. The number of sulfonamides is 1. The third-order valence-corrected chi connectivity index (χ3v) is 4.26. The highest BCUT2D eigenvalue weighted by Gasteiger charge is 2.20. The van der Waals surface area contributed by atoms with Gasteiger partial charge in [0.25, 0.3) is 6.43 Å². The number of H-pyrrole nitrogens is 1. The summed E-state index contributed by atoms with van der Waals surface area (Å²) < 4.78 is 64.8. The second kappa shape index (κ2) is 6.54. The molecule has 0 unspecified atom stereocenters. The van der Waals surface area contributed by atoms with Crippen LogP contribution in [0.2, 0.25) is 0 Å². The molecule has 0 atom stereocenters. The number of nitrogens with one attached hydrogen (secondary N) is 2. The number of anilines is 1. The Morgan fingerprint density at radius 1 is 1.35 bits per heavy atom. The van der Waals surface area contributed by atoms with Gasteiger partial charge in [0.05, 0.1) is 17.0 Å². The number of nitrogens with zero attached hydrogens (tertiary/aromatic N) is 3. The van der Waals surface area contributed by atoms with E-state index >= 15 is 0 Å². The number of aromatic nitrogens is 3. The van der Waals surface area contributed by atoms with E-state index in [0.717, 1.165) is 6.07 Å². The number of hydrogen-bond acceptors (Lipinski definition) is 5. The average molecular weight is 349 g/mol. The highest BCUT2D eigenvalue weighted by Crippen LogP contribution is 2.24. The molecule has 0 fully saturated rings. The second-order valence-corrected chi connectivity index (χ2v) is 6.55. The maximum atomic E-state index is 13.2. The van der Waals surface area contributed by atoms with Crippen molar-refractivity contribution in [2.24, 2.45) is 0 Å². The minimum absolute atomic E-state index is 0.218. The van der Waals surface area contributed by atoms with Crippen LogP contribution in [0.15, 0.2) is 23.1 Å². The number of alkyl halides is 2. The summed E-state index contributed by atoms with van der Waals surface area (Å²) in [5.41, 5.74) is -0.970. The molecule has 1 aromatic heterocycles. The first-order valence-electron chi connectivity index (χ1n) is 6.36. The largest absolute Gasteiger partial charge is 0.346 e. The predicted molar refractivity (Wildman–Crippen MR) is 76.1 cm³/mol. The van der Waals surface area contributed by atoms with Crippen LogP contribution < -0.4 is 9.62 Å². The van der Waals surface area contributed by atoms with Crippen LogP contribution in [0, 0.1) is 5.82 Å². The van der Waals surface area contributed by atoms with E-state index in [1.165, 1.54) is 0 Å². The zero-order valence-electron chi connectivity index (χ0n) is 12.2. The Hall–Kier alpha value is -2.14.